The molecule has 0 unspecified atom stereocenters. The van der Waals surface area contributed by atoms with Gasteiger partial charge in [0.2, 0.25) is 5.88 Å². The second-order valence-corrected chi connectivity index (χ2v) is 8.84. The van der Waals surface area contributed by atoms with Gasteiger partial charge in [0.05, 0.1) is 19.5 Å². The quantitative estimate of drug-likeness (QED) is 0.538. The van der Waals surface area contributed by atoms with E-state index in [1.165, 1.54) is 13.3 Å². The number of fused-ring (bicyclic) bond motifs is 1. The Balaban J connectivity index is 1.82. The number of pyridine rings is 1. The van der Waals surface area contributed by atoms with E-state index in [9.17, 15) is 14.2 Å². The third-order valence-corrected chi connectivity index (χ3v) is 5.87. The summed E-state index contributed by atoms with van der Waals surface area (Å²) in [6, 6.07) is 1.72. The highest BCUT2D eigenvalue weighted by Gasteiger charge is 2.24. The first-order valence-corrected chi connectivity index (χ1v) is 10.9. The van der Waals surface area contributed by atoms with Crippen LogP contribution in [0.1, 0.15) is 19.3 Å². The first-order chi connectivity index (χ1) is 13.7. The zero-order valence-corrected chi connectivity index (χ0v) is 16.8. The van der Waals surface area contributed by atoms with Gasteiger partial charge >= 0.3 is 13.6 Å². The molecule has 0 spiro atoms. The van der Waals surface area contributed by atoms with Crippen molar-refractivity contribution < 1.29 is 29.0 Å². The topological polar surface area (TPSA) is 155 Å². The van der Waals surface area contributed by atoms with Crippen LogP contribution in [-0.2, 0) is 15.9 Å². The Morgan fingerprint density at radius 2 is 2.03 bits per heavy atom. The summed E-state index contributed by atoms with van der Waals surface area (Å²) < 4.78 is 17.2. The number of anilines is 1. The SMILES string of the molecule is COc1nc(N2CCC(CCP(=O)(O)O)CC2)cc2cnn(CC(=O)O)c(=O)c12. The lowest BCUT2D eigenvalue weighted by molar-refractivity contribution is -0.138. The minimum Gasteiger partial charge on any atom is -0.480 e. The lowest BCUT2D eigenvalue weighted by Gasteiger charge is -2.33. The van der Waals surface area contributed by atoms with Crippen LogP contribution in [0.4, 0.5) is 5.82 Å². The van der Waals surface area contributed by atoms with Gasteiger partial charge in [0.25, 0.3) is 5.56 Å². The first-order valence-electron chi connectivity index (χ1n) is 9.14. The molecule has 11 nitrogen and oxygen atoms in total. The molecule has 1 aliphatic rings. The molecule has 2 aromatic heterocycles. The van der Waals surface area contributed by atoms with Crippen molar-refractivity contribution in [3.05, 3.63) is 22.6 Å². The van der Waals surface area contributed by atoms with Crippen molar-refractivity contribution in [2.24, 2.45) is 5.92 Å². The Hall–Kier alpha value is -2.49. The molecule has 3 rings (SSSR count). The van der Waals surface area contributed by atoms with Crippen molar-refractivity contribution in [2.45, 2.75) is 25.8 Å². The minimum atomic E-state index is -3.98. The zero-order chi connectivity index (χ0) is 21.2. The van der Waals surface area contributed by atoms with E-state index in [2.05, 4.69) is 10.1 Å². The molecule has 0 atom stereocenters. The van der Waals surface area contributed by atoms with Crippen molar-refractivity contribution in [1.82, 2.24) is 14.8 Å². The average Bonchev–Trinajstić information content (AvgIpc) is 2.67. The number of rotatable bonds is 7. The Bertz CT molecular complexity index is 1010. The van der Waals surface area contributed by atoms with E-state index in [-0.39, 0.29) is 23.3 Å². The summed E-state index contributed by atoms with van der Waals surface area (Å²) in [4.78, 5) is 48.0. The summed E-state index contributed by atoms with van der Waals surface area (Å²) >= 11 is 0. The lowest BCUT2D eigenvalue weighted by Crippen LogP contribution is -2.34. The van der Waals surface area contributed by atoms with Crippen LogP contribution in [0.25, 0.3) is 10.8 Å². The summed E-state index contributed by atoms with van der Waals surface area (Å²) in [7, 11) is -2.59. The second-order valence-electron chi connectivity index (χ2n) is 7.06. The predicted molar refractivity (Wildman–Crippen MR) is 104 cm³/mol. The van der Waals surface area contributed by atoms with Crippen LogP contribution in [0.2, 0.25) is 0 Å². The van der Waals surface area contributed by atoms with E-state index >= 15 is 0 Å². The second kappa shape index (κ2) is 8.48. The van der Waals surface area contributed by atoms with Crippen LogP contribution in [-0.4, -0.2) is 62.0 Å². The van der Waals surface area contributed by atoms with E-state index in [4.69, 9.17) is 19.6 Å². The molecule has 29 heavy (non-hydrogen) atoms. The number of aliphatic carboxylic acids is 1. The van der Waals surface area contributed by atoms with Gasteiger partial charge in [-0.2, -0.15) is 10.1 Å². The number of carboxylic acid groups (broad SMARTS) is 1. The molecule has 0 bridgehead atoms. The molecule has 1 aliphatic heterocycles. The monoisotopic (exact) mass is 426 g/mol. The maximum Gasteiger partial charge on any atom is 0.325 e. The molecule has 0 saturated carbocycles. The molecule has 0 aliphatic carbocycles. The smallest absolute Gasteiger partial charge is 0.325 e. The molecular formula is C17H23N4O7P. The van der Waals surface area contributed by atoms with Crippen molar-refractivity contribution in [3.8, 4) is 5.88 Å². The molecule has 0 aromatic carbocycles. The Morgan fingerprint density at radius 3 is 2.62 bits per heavy atom. The third kappa shape index (κ3) is 5.11. The highest BCUT2D eigenvalue weighted by molar-refractivity contribution is 7.51. The molecule has 0 amide bonds. The first kappa shape index (κ1) is 21.2. The van der Waals surface area contributed by atoms with Crippen LogP contribution in [0, 0.1) is 5.92 Å². The molecule has 3 heterocycles. The summed E-state index contributed by atoms with van der Waals surface area (Å²) in [5.74, 6) is -0.220. The maximum atomic E-state index is 12.6. The predicted octanol–water partition coefficient (Wildman–Crippen LogP) is 0.669. The van der Waals surface area contributed by atoms with Crippen LogP contribution in [0.15, 0.2) is 17.1 Å². The van der Waals surface area contributed by atoms with E-state index in [0.717, 1.165) is 17.5 Å². The summed E-state index contributed by atoms with van der Waals surface area (Å²) in [6.07, 6.45) is 3.36. The van der Waals surface area contributed by atoms with Crippen molar-refractivity contribution in [1.29, 1.82) is 0 Å². The third-order valence-electron chi connectivity index (χ3n) is 5.03. The van der Waals surface area contributed by atoms with Crippen molar-refractivity contribution in [2.75, 3.05) is 31.3 Å². The Labute approximate surface area is 166 Å². The summed E-state index contributed by atoms with van der Waals surface area (Å²) in [5, 5.41) is 13.5. The molecule has 12 heteroatoms. The number of carbonyl (C=O) groups is 1. The van der Waals surface area contributed by atoms with E-state index < -0.39 is 25.7 Å². The van der Waals surface area contributed by atoms with Crippen LogP contribution < -0.4 is 15.2 Å². The number of piperidine rings is 1. The Kier molecular flexibility index (Phi) is 6.21. The van der Waals surface area contributed by atoms with Gasteiger partial charge < -0.3 is 24.5 Å². The lowest BCUT2D eigenvalue weighted by atomic mass is 9.94. The highest BCUT2D eigenvalue weighted by Crippen LogP contribution is 2.38. The van der Waals surface area contributed by atoms with E-state index in [1.54, 1.807) is 6.07 Å². The zero-order valence-electron chi connectivity index (χ0n) is 15.9. The molecular weight excluding hydrogens is 403 g/mol. The van der Waals surface area contributed by atoms with E-state index in [1.807, 2.05) is 4.90 Å². The van der Waals surface area contributed by atoms with Gasteiger partial charge in [-0.25, -0.2) is 4.68 Å². The number of ether oxygens (including phenoxy) is 1. The normalized spacial score (nSPS) is 15.6. The number of hydrogen-bond acceptors (Lipinski definition) is 7. The van der Waals surface area contributed by atoms with Crippen LogP contribution >= 0.6 is 7.60 Å². The molecule has 1 fully saturated rings. The number of nitrogens with zero attached hydrogens (tertiary/aromatic N) is 4. The fourth-order valence-electron chi connectivity index (χ4n) is 3.51. The fraction of sp³-hybridized carbons (Fsp3) is 0.529. The number of methoxy groups -OCH3 is 1. The van der Waals surface area contributed by atoms with Gasteiger partial charge in [0.1, 0.15) is 17.7 Å². The number of hydrogen-bond donors (Lipinski definition) is 3. The van der Waals surface area contributed by atoms with Gasteiger partial charge in [-0.05, 0) is 31.2 Å². The summed E-state index contributed by atoms with van der Waals surface area (Å²) in [6.45, 7) is 0.774. The Morgan fingerprint density at radius 1 is 1.34 bits per heavy atom. The van der Waals surface area contributed by atoms with E-state index in [0.29, 0.717) is 30.7 Å². The standard InChI is InChI=1S/C17H23N4O7P/c1-28-16-15-12(9-18-21(17(15)24)10-14(22)23)8-13(19-16)20-5-2-11(3-6-20)4-7-29(25,26)27/h8-9,11H,2-7,10H2,1H3,(H,22,23)(H2,25,26,27). The van der Waals surface area contributed by atoms with Crippen molar-refractivity contribution >= 4 is 30.2 Å². The molecule has 0 radical (unpaired) electrons. The largest absolute Gasteiger partial charge is 0.480 e. The molecule has 2 aromatic rings. The highest BCUT2D eigenvalue weighted by atomic mass is 31.2. The number of aromatic nitrogens is 3. The fourth-order valence-corrected chi connectivity index (χ4v) is 4.21. The minimum absolute atomic E-state index is 0.103. The number of carboxylic acids is 1. The average molecular weight is 426 g/mol. The molecule has 1 saturated heterocycles. The van der Waals surface area contributed by atoms with Gasteiger partial charge in [-0.1, -0.05) is 0 Å². The maximum absolute atomic E-state index is 12.6. The molecule has 3 N–H and O–H groups in total. The van der Waals surface area contributed by atoms with Crippen LogP contribution in [0.5, 0.6) is 5.88 Å². The summed E-state index contributed by atoms with van der Waals surface area (Å²) in [5.41, 5.74) is -0.586. The van der Waals surface area contributed by atoms with Crippen LogP contribution in [0.3, 0.4) is 0 Å². The van der Waals surface area contributed by atoms with Gasteiger partial charge in [0, 0.05) is 18.5 Å². The van der Waals surface area contributed by atoms with Gasteiger partial charge in [-0.3, -0.25) is 14.2 Å². The van der Waals surface area contributed by atoms with Gasteiger partial charge in [0.15, 0.2) is 0 Å². The van der Waals surface area contributed by atoms with Gasteiger partial charge in [-0.15, -0.1) is 0 Å². The van der Waals surface area contributed by atoms with Crippen molar-refractivity contribution in [3.63, 3.8) is 0 Å². The molecule has 158 valence electrons.